The van der Waals surface area contributed by atoms with E-state index in [0.29, 0.717) is 10.8 Å². The maximum absolute atomic E-state index is 11.6. The highest BCUT2D eigenvalue weighted by Crippen LogP contribution is 2.16. The Morgan fingerprint density at radius 3 is 2.71 bits per heavy atom. The second kappa shape index (κ2) is 7.17. The average Bonchev–Trinajstić information content (AvgIpc) is 2.33. The summed E-state index contributed by atoms with van der Waals surface area (Å²) in [6.45, 7) is 4.12. The van der Waals surface area contributed by atoms with Crippen molar-refractivity contribution in [2.75, 3.05) is 6.61 Å². The quantitative estimate of drug-likeness (QED) is 0.849. The van der Waals surface area contributed by atoms with Gasteiger partial charge in [0.05, 0.1) is 0 Å². The van der Waals surface area contributed by atoms with Crippen LogP contribution in [-0.4, -0.2) is 18.6 Å². The fourth-order valence-corrected chi connectivity index (χ4v) is 1.65. The van der Waals surface area contributed by atoms with Crippen LogP contribution in [0, 0.1) is 0 Å². The molecule has 0 aliphatic rings. The van der Waals surface area contributed by atoms with E-state index < -0.39 is 0 Å². The molecule has 0 aliphatic carbocycles. The van der Waals surface area contributed by atoms with Gasteiger partial charge in [-0.2, -0.15) is 0 Å². The molecule has 1 amide bonds. The second-order valence-corrected chi connectivity index (χ2v) is 4.26. The normalized spacial score (nSPS) is 10.4. The van der Waals surface area contributed by atoms with Gasteiger partial charge in [-0.15, -0.1) is 0 Å². The first-order chi connectivity index (χ1) is 8.15. The van der Waals surface area contributed by atoms with Crippen LogP contribution < -0.4 is 10.1 Å². The van der Waals surface area contributed by atoms with Gasteiger partial charge in [0.2, 0.25) is 0 Å². The predicted octanol–water partition coefficient (Wildman–Crippen LogP) is 3.02. The molecule has 94 valence electrons. The van der Waals surface area contributed by atoms with Gasteiger partial charge in [0.1, 0.15) is 5.75 Å². The molecule has 1 rings (SSSR count). The summed E-state index contributed by atoms with van der Waals surface area (Å²) in [6.07, 6.45) is 1.86. The van der Waals surface area contributed by atoms with Crippen LogP contribution in [0.1, 0.15) is 26.7 Å². The minimum atomic E-state index is -0.0984. The smallest absolute Gasteiger partial charge is 0.258 e. The number of carbonyl (C=O) groups excluding carboxylic acids is 1. The molecule has 0 heterocycles. The third-order valence-electron chi connectivity index (χ3n) is 2.52. The molecule has 0 saturated carbocycles. The number of amides is 1. The largest absolute Gasteiger partial charge is 0.484 e. The molecule has 0 aliphatic heterocycles. The molecule has 0 atom stereocenters. The average molecular weight is 256 g/mol. The summed E-state index contributed by atoms with van der Waals surface area (Å²) in [6, 6.07) is 7.24. The molecule has 1 N–H and O–H groups in total. The number of benzene rings is 1. The summed E-state index contributed by atoms with van der Waals surface area (Å²) in [5.74, 6) is 0.510. The monoisotopic (exact) mass is 255 g/mol. The number of hydrogen-bond acceptors (Lipinski definition) is 2. The zero-order chi connectivity index (χ0) is 12.7. The van der Waals surface area contributed by atoms with E-state index in [1.807, 2.05) is 13.8 Å². The fraction of sp³-hybridized carbons (Fsp3) is 0.462. The SMILES string of the molecule is CCC(CC)NC(=O)COc1cccc(Cl)c1. The van der Waals surface area contributed by atoms with Crippen molar-refractivity contribution in [1.29, 1.82) is 0 Å². The number of nitrogens with one attached hydrogen (secondary N) is 1. The molecule has 0 bridgehead atoms. The van der Waals surface area contributed by atoms with Gasteiger partial charge in [0.25, 0.3) is 5.91 Å². The molecule has 0 unspecified atom stereocenters. The van der Waals surface area contributed by atoms with Crippen LogP contribution in [0.5, 0.6) is 5.75 Å². The molecule has 3 nitrogen and oxygen atoms in total. The van der Waals surface area contributed by atoms with E-state index in [9.17, 15) is 4.79 Å². The van der Waals surface area contributed by atoms with Crippen molar-refractivity contribution >= 4 is 17.5 Å². The van der Waals surface area contributed by atoms with Gasteiger partial charge < -0.3 is 10.1 Å². The van der Waals surface area contributed by atoms with Crippen molar-refractivity contribution in [3.05, 3.63) is 29.3 Å². The lowest BCUT2D eigenvalue weighted by Crippen LogP contribution is -2.37. The van der Waals surface area contributed by atoms with Gasteiger partial charge in [-0.05, 0) is 31.0 Å². The second-order valence-electron chi connectivity index (χ2n) is 3.83. The molecular formula is C13H18ClNO2. The zero-order valence-corrected chi connectivity index (χ0v) is 11.0. The molecule has 17 heavy (non-hydrogen) atoms. The van der Waals surface area contributed by atoms with Gasteiger partial charge in [-0.3, -0.25) is 4.79 Å². The van der Waals surface area contributed by atoms with E-state index in [1.54, 1.807) is 24.3 Å². The summed E-state index contributed by atoms with van der Waals surface area (Å²) in [4.78, 5) is 11.6. The molecule has 0 saturated heterocycles. The van der Waals surface area contributed by atoms with E-state index in [-0.39, 0.29) is 18.6 Å². The van der Waals surface area contributed by atoms with Crippen LogP contribution in [0.3, 0.4) is 0 Å². The van der Waals surface area contributed by atoms with Crippen LogP contribution in [0.25, 0.3) is 0 Å². The minimum Gasteiger partial charge on any atom is -0.484 e. The third kappa shape index (κ3) is 5.09. The Bertz CT molecular complexity index is 364. The molecule has 1 aromatic carbocycles. The first kappa shape index (κ1) is 13.8. The fourth-order valence-electron chi connectivity index (χ4n) is 1.47. The Morgan fingerprint density at radius 1 is 1.41 bits per heavy atom. The maximum atomic E-state index is 11.6. The molecule has 1 aromatic rings. The van der Waals surface area contributed by atoms with E-state index in [4.69, 9.17) is 16.3 Å². The Hall–Kier alpha value is -1.22. The summed E-state index contributed by atoms with van der Waals surface area (Å²) in [5, 5.41) is 3.50. The molecule has 0 aromatic heterocycles. The third-order valence-corrected chi connectivity index (χ3v) is 2.75. The summed E-state index contributed by atoms with van der Waals surface area (Å²) < 4.78 is 5.34. The van der Waals surface area contributed by atoms with Crippen molar-refractivity contribution in [2.45, 2.75) is 32.7 Å². The van der Waals surface area contributed by atoms with Gasteiger partial charge >= 0.3 is 0 Å². The highest BCUT2D eigenvalue weighted by Gasteiger charge is 2.08. The van der Waals surface area contributed by atoms with Crippen molar-refractivity contribution < 1.29 is 9.53 Å². The lowest BCUT2D eigenvalue weighted by atomic mass is 10.2. The maximum Gasteiger partial charge on any atom is 0.258 e. The predicted molar refractivity (Wildman–Crippen MR) is 69.5 cm³/mol. The standard InChI is InChI=1S/C13H18ClNO2/c1-3-11(4-2)15-13(16)9-17-12-7-5-6-10(14)8-12/h5-8,11H,3-4,9H2,1-2H3,(H,15,16). The van der Waals surface area contributed by atoms with Crippen molar-refractivity contribution in [1.82, 2.24) is 5.32 Å². The summed E-state index contributed by atoms with van der Waals surface area (Å²) >= 11 is 5.81. The van der Waals surface area contributed by atoms with Crippen molar-refractivity contribution in [3.63, 3.8) is 0 Å². The Morgan fingerprint density at radius 2 is 2.12 bits per heavy atom. The van der Waals surface area contributed by atoms with Gasteiger partial charge in [-0.1, -0.05) is 31.5 Å². The van der Waals surface area contributed by atoms with Gasteiger partial charge in [0, 0.05) is 11.1 Å². The highest BCUT2D eigenvalue weighted by atomic mass is 35.5. The number of carbonyl (C=O) groups is 1. The Balaban J connectivity index is 2.38. The molecule has 0 fully saturated rings. The van der Waals surface area contributed by atoms with E-state index in [1.165, 1.54) is 0 Å². The number of ether oxygens (including phenoxy) is 1. The van der Waals surface area contributed by atoms with Gasteiger partial charge in [0.15, 0.2) is 6.61 Å². The Kier molecular flexibility index (Phi) is 5.84. The number of rotatable bonds is 6. The zero-order valence-electron chi connectivity index (χ0n) is 10.2. The lowest BCUT2D eigenvalue weighted by Gasteiger charge is -2.14. The van der Waals surface area contributed by atoms with Crippen LogP contribution in [-0.2, 0) is 4.79 Å². The van der Waals surface area contributed by atoms with Crippen LogP contribution in [0.2, 0.25) is 5.02 Å². The molecule has 4 heteroatoms. The topological polar surface area (TPSA) is 38.3 Å². The van der Waals surface area contributed by atoms with E-state index >= 15 is 0 Å². The number of hydrogen-bond donors (Lipinski definition) is 1. The minimum absolute atomic E-state index is 0.0246. The molecule has 0 spiro atoms. The lowest BCUT2D eigenvalue weighted by molar-refractivity contribution is -0.123. The summed E-state index contributed by atoms with van der Waals surface area (Å²) in [5.41, 5.74) is 0. The van der Waals surface area contributed by atoms with Crippen molar-refractivity contribution in [2.24, 2.45) is 0 Å². The van der Waals surface area contributed by atoms with Crippen LogP contribution >= 0.6 is 11.6 Å². The van der Waals surface area contributed by atoms with Crippen LogP contribution in [0.4, 0.5) is 0 Å². The first-order valence-corrected chi connectivity index (χ1v) is 6.21. The van der Waals surface area contributed by atoms with Crippen LogP contribution in [0.15, 0.2) is 24.3 Å². The Labute approximate surface area is 107 Å². The van der Waals surface area contributed by atoms with E-state index in [0.717, 1.165) is 12.8 Å². The summed E-state index contributed by atoms with van der Waals surface area (Å²) in [7, 11) is 0. The van der Waals surface area contributed by atoms with Crippen molar-refractivity contribution in [3.8, 4) is 5.75 Å². The van der Waals surface area contributed by atoms with Gasteiger partial charge in [-0.25, -0.2) is 0 Å². The first-order valence-electron chi connectivity index (χ1n) is 5.83. The molecular weight excluding hydrogens is 238 g/mol. The van der Waals surface area contributed by atoms with E-state index in [2.05, 4.69) is 5.32 Å². The molecule has 0 radical (unpaired) electrons. The number of halogens is 1. The highest BCUT2D eigenvalue weighted by molar-refractivity contribution is 6.30.